The van der Waals surface area contributed by atoms with Gasteiger partial charge in [-0.1, -0.05) is 12.1 Å². The fourth-order valence-corrected chi connectivity index (χ4v) is 3.73. The summed E-state index contributed by atoms with van der Waals surface area (Å²) >= 11 is 0. The summed E-state index contributed by atoms with van der Waals surface area (Å²) < 4.78 is 28.6. The Morgan fingerprint density at radius 1 is 1.20 bits per heavy atom. The zero-order chi connectivity index (χ0) is 14.0. The number of benzene rings is 1. The molecule has 20 heavy (non-hydrogen) atoms. The van der Waals surface area contributed by atoms with Gasteiger partial charge in [-0.15, -0.1) is 0 Å². The van der Waals surface area contributed by atoms with Crippen molar-refractivity contribution in [1.29, 1.82) is 0 Å². The summed E-state index contributed by atoms with van der Waals surface area (Å²) in [6.07, 6.45) is 4.40. The third-order valence-electron chi connectivity index (χ3n) is 3.75. The van der Waals surface area contributed by atoms with Crippen molar-refractivity contribution < 1.29 is 8.42 Å². The Morgan fingerprint density at radius 3 is 2.65 bits per heavy atom. The molecule has 1 aliphatic carbocycles. The second-order valence-electron chi connectivity index (χ2n) is 5.57. The van der Waals surface area contributed by atoms with E-state index in [1.54, 1.807) is 6.07 Å². The molecule has 0 spiro atoms. The quantitative estimate of drug-likeness (QED) is 0.839. The van der Waals surface area contributed by atoms with E-state index in [0.29, 0.717) is 24.8 Å². The largest absolute Gasteiger partial charge is 0.310 e. The van der Waals surface area contributed by atoms with Gasteiger partial charge in [-0.3, -0.25) is 4.72 Å². The van der Waals surface area contributed by atoms with Gasteiger partial charge in [0, 0.05) is 25.7 Å². The first-order valence-electron chi connectivity index (χ1n) is 7.24. The van der Waals surface area contributed by atoms with Crippen LogP contribution >= 0.6 is 0 Å². The highest BCUT2D eigenvalue weighted by Gasteiger charge is 2.25. The van der Waals surface area contributed by atoms with Crippen LogP contribution in [0, 0.1) is 0 Å². The van der Waals surface area contributed by atoms with E-state index in [9.17, 15) is 8.42 Å². The molecule has 3 rings (SSSR count). The molecular weight excluding hydrogens is 274 g/mol. The summed E-state index contributed by atoms with van der Waals surface area (Å²) in [4.78, 5) is 0. The first kappa shape index (κ1) is 13.9. The van der Waals surface area contributed by atoms with Crippen LogP contribution in [0.5, 0.6) is 0 Å². The summed E-state index contributed by atoms with van der Waals surface area (Å²) in [5, 5.41) is 3.43. The Bertz CT molecular complexity index is 564. The average molecular weight is 295 g/mol. The van der Waals surface area contributed by atoms with Crippen molar-refractivity contribution in [3.63, 3.8) is 0 Å². The topological polar surface area (TPSA) is 61.4 Å². The normalized spacial score (nSPS) is 20.2. The van der Waals surface area contributed by atoms with E-state index in [-0.39, 0.29) is 0 Å². The van der Waals surface area contributed by atoms with Gasteiger partial charge in [-0.25, -0.2) is 0 Å². The molecule has 1 aromatic carbocycles. The van der Waals surface area contributed by atoms with Crippen LogP contribution in [0.3, 0.4) is 0 Å². The van der Waals surface area contributed by atoms with Crippen molar-refractivity contribution in [2.75, 3.05) is 17.8 Å². The van der Waals surface area contributed by atoms with Gasteiger partial charge in [0.05, 0.1) is 5.69 Å². The summed E-state index contributed by atoms with van der Waals surface area (Å²) in [7, 11) is -3.39. The lowest BCUT2D eigenvalue weighted by Gasteiger charge is -2.17. The van der Waals surface area contributed by atoms with E-state index in [1.807, 2.05) is 18.2 Å². The lowest BCUT2D eigenvalue weighted by atomic mass is 10.2. The lowest BCUT2D eigenvalue weighted by Crippen LogP contribution is -2.33. The van der Waals surface area contributed by atoms with Crippen LogP contribution in [0.1, 0.15) is 31.2 Å². The molecule has 1 saturated heterocycles. The van der Waals surface area contributed by atoms with E-state index >= 15 is 0 Å². The fourth-order valence-electron chi connectivity index (χ4n) is 2.44. The summed E-state index contributed by atoms with van der Waals surface area (Å²) in [6, 6.07) is 8.27. The van der Waals surface area contributed by atoms with Crippen LogP contribution in [0.4, 0.5) is 5.69 Å². The average Bonchev–Trinajstić information content (AvgIpc) is 3.06. The number of rotatable bonds is 6. The van der Waals surface area contributed by atoms with Crippen molar-refractivity contribution in [3.8, 4) is 0 Å². The van der Waals surface area contributed by atoms with Crippen molar-refractivity contribution in [2.24, 2.45) is 0 Å². The number of hydrogen-bond donors (Lipinski definition) is 2. The predicted molar refractivity (Wildman–Crippen MR) is 79.7 cm³/mol. The molecule has 5 nitrogen and oxygen atoms in total. The van der Waals surface area contributed by atoms with E-state index < -0.39 is 10.2 Å². The smallest absolute Gasteiger partial charge is 0.301 e. The van der Waals surface area contributed by atoms with E-state index in [0.717, 1.165) is 24.9 Å². The minimum absolute atomic E-state index is 0.623. The molecule has 0 bridgehead atoms. The highest BCUT2D eigenvalue weighted by Crippen LogP contribution is 2.21. The van der Waals surface area contributed by atoms with Gasteiger partial charge in [-0.05, 0) is 43.4 Å². The Balaban J connectivity index is 1.65. The Kier molecular flexibility index (Phi) is 3.96. The maximum absolute atomic E-state index is 12.2. The molecule has 0 aromatic heterocycles. The molecule has 2 N–H and O–H groups in total. The van der Waals surface area contributed by atoms with Crippen LogP contribution < -0.4 is 10.0 Å². The molecule has 1 saturated carbocycles. The molecule has 0 amide bonds. The van der Waals surface area contributed by atoms with Crippen LogP contribution in [0.15, 0.2) is 24.3 Å². The highest BCUT2D eigenvalue weighted by molar-refractivity contribution is 7.90. The SMILES string of the molecule is O=S(=O)(Nc1cccc(CNC2CC2)c1)N1CCCC1. The summed E-state index contributed by atoms with van der Waals surface area (Å²) in [5.41, 5.74) is 1.76. The monoisotopic (exact) mass is 295 g/mol. The van der Waals surface area contributed by atoms with Crippen molar-refractivity contribution in [2.45, 2.75) is 38.3 Å². The Morgan fingerprint density at radius 2 is 1.95 bits per heavy atom. The zero-order valence-electron chi connectivity index (χ0n) is 11.5. The molecule has 1 heterocycles. The number of anilines is 1. The molecule has 110 valence electrons. The standard InChI is InChI=1S/C14H21N3O2S/c18-20(19,17-8-1-2-9-17)16-14-5-3-4-12(10-14)11-15-13-6-7-13/h3-5,10,13,15-16H,1-2,6-9,11H2. The molecule has 6 heteroatoms. The molecule has 2 aliphatic rings. The first-order valence-corrected chi connectivity index (χ1v) is 8.68. The Labute approximate surface area is 120 Å². The molecule has 1 aromatic rings. The van der Waals surface area contributed by atoms with Gasteiger partial charge in [-0.2, -0.15) is 12.7 Å². The van der Waals surface area contributed by atoms with Gasteiger partial charge in [0.25, 0.3) is 0 Å². The molecule has 1 aliphatic heterocycles. The van der Waals surface area contributed by atoms with Crippen molar-refractivity contribution in [1.82, 2.24) is 9.62 Å². The van der Waals surface area contributed by atoms with Gasteiger partial charge in [0.2, 0.25) is 0 Å². The minimum Gasteiger partial charge on any atom is -0.310 e. The maximum Gasteiger partial charge on any atom is 0.301 e. The van der Waals surface area contributed by atoms with Crippen molar-refractivity contribution in [3.05, 3.63) is 29.8 Å². The van der Waals surface area contributed by atoms with E-state index in [4.69, 9.17) is 0 Å². The van der Waals surface area contributed by atoms with Crippen LogP contribution in [0.2, 0.25) is 0 Å². The molecular formula is C14H21N3O2S. The summed E-state index contributed by atoms with van der Waals surface area (Å²) in [5.74, 6) is 0. The van der Waals surface area contributed by atoms with E-state index in [1.165, 1.54) is 17.1 Å². The van der Waals surface area contributed by atoms with Gasteiger partial charge in [0.1, 0.15) is 0 Å². The predicted octanol–water partition coefficient (Wildman–Crippen LogP) is 1.69. The number of nitrogens with one attached hydrogen (secondary N) is 2. The number of nitrogens with zero attached hydrogens (tertiary/aromatic N) is 1. The van der Waals surface area contributed by atoms with E-state index in [2.05, 4.69) is 10.0 Å². The molecule has 0 atom stereocenters. The lowest BCUT2D eigenvalue weighted by molar-refractivity contribution is 0.482. The van der Waals surface area contributed by atoms with Gasteiger partial charge < -0.3 is 5.32 Å². The first-order chi connectivity index (χ1) is 9.63. The van der Waals surface area contributed by atoms with Crippen molar-refractivity contribution >= 4 is 15.9 Å². The third kappa shape index (κ3) is 3.50. The number of hydrogen-bond acceptors (Lipinski definition) is 3. The van der Waals surface area contributed by atoms with Gasteiger partial charge in [0.15, 0.2) is 0 Å². The minimum atomic E-state index is -3.39. The highest BCUT2D eigenvalue weighted by atomic mass is 32.2. The van der Waals surface area contributed by atoms with Gasteiger partial charge >= 0.3 is 10.2 Å². The third-order valence-corrected chi connectivity index (χ3v) is 5.29. The second-order valence-corrected chi connectivity index (χ2v) is 7.24. The van der Waals surface area contributed by atoms with Crippen LogP contribution in [-0.2, 0) is 16.8 Å². The fraction of sp³-hybridized carbons (Fsp3) is 0.571. The maximum atomic E-state index is 12.2. The van der Waals surface area contributed by atoms with Crippen LogP contribution in [-0.4, -0.2) is 31.9 Å². The second kappa shape index (κ2) is 5.71. The Hall–Kier alpha value is -1.11. The molecule has 0 radical (unpaired) electrons. The molecule has 2 fully saturated rings. The summed E-state index contributed by atoms with van der Waals surface area (Å²) in [6.45, 7) is 2.04. The zero-order valence-corrected chi connectivity index (χ0v) is 12.3. The molecule has 0 unspecified atom stereocenters. The van der Waals surface area contributed by atoms with Crippen LogP contribution in [0.25, 0.3) is 0 Å².